The highest BCUT2D eigenvalue weighted by Gasteiger charge is 2.21. The second kappa shape index (κ2) is 9.62. The molecule has 6 nitrogen and oxygen atoms in total. The van der Waals surface area contributed by atoms with E-state index in [1.807, 2.05) is 0 Å². The van der Waals surface area contributed by atoms with Gasteiger partial charge in [0.2, 0.25) is 10.0 Å². The van der Waals surface area contributed by atoms with Gasteiger partial charge in [0.05, 0.1) is 19.2 Å². The van der Waals surface area contributed by atoms with Gasteiger partial charge in [0.1, 0.15) is 4.90 Å². The average Bonchev–Trinajstić information content (AvgIpc) is 2.87. The van der Waals surface area contributed by atoms with Gasteiger partial charge in [0, 0.05) is 31.3 Å². The van der Waals surface area contributed by atoms with Gasteiger partial charge >= 0.3 is 0 Å². The van der Waals surface area contributed by atoms with Crippen LogP contribution in [-0.4, -0.2) is 41.8 Å². The van der Waals surface area contributed by atoms with Crippen LogP contribution in [0.4, 0.5) is 0 Å². The van der Waals surface area contributed by atoms with E-state index < -0.39 is 10.0 Å². The molecule has 0 atom stereocenters. The Morgan fingerprint density at radius 3 is 2.24 bits per heavy atom. The van der Waals surface area contributed by atoms with Crippen LogP contribution in [0.15, 0.2) is 17.0 Å². The third-order valence-electron chi connectivity index (χ3n) is 4.43. The van der Waals surface area contributed by atoms with Crippen LogP contribution in [0.1, 0.15) is 38.5 Å². The Kier molecular flexibility index (Phi) is 7.81. The molecule has 0 spiro atoms. The summed E-state index contributed by atoms with van der Waals surface area (Å²) in [6.45, 7) is 0.901. The fourth-order valence-electron chi connectivity index (χ4n) is 3.06. The van der Waals surface area contributed by atoms with Crippen molar-refractivity contribution in [2.45, 2.75) is 49.5 Å². The molecule has 0 heterocycles. The molecule has 1 aliphatic carbocycles. The monoisotopic (exact) mass is 390 g/mol. The van der Waals surface area contributed by atoms with E-state index >= 15 is 0 Å². The minimum absolute atomic E-state index is 0.0127. The molecule has 0 saturated heterocycles. The van der Waals surface area contributed by atoms with E-state index in [1.54, 1.807) is 0 Å². The largest absolute Gasteiger partial charge is 0.493 e. The summed E-state index contributed by atoms with van der Waals surface area (Å²) in [7, 11) is -0.794. The smallest absolute Gasteiger partial charge is 0.242 e. The van der Waals surface area contributed by atoms with Crippen LogP contribution in [0, 0.1) is 0 Å². The zero-order valence-electron chi connectivity index (χ0n) is 14.8. The zero-order chi connectivity index (χ0) is 18.3. The summed E-state index contributed by atoms with van der Waals surface area (Å²) in [4.78, 5) is -0.0127. The molecule has 1 aromatic carbocycles. The molecule has 8 heteroatoms. The molecule has 1 fully saturated rings. The highest BCUT2D eigenvalue weighted by molar-refractivity contribution is 7.89. The van der Waals surface area contributed by atoms with Crippen LogP contribution < -0.4 is 19.5 Å². The first-order valence-corrected chi connectivity index (χ1v) is 10.5. The number of benzene rings is 1. The number of nitrogens with one attached hydrogen (secondary N) is 2. The normalized spacial score (nSPS) is 16.4. The van der Waals surface area contributed by atoms with E-state index in [-0.39, 0.29) is 9.92 Å². The molecule has 1 aliphatic rings. The first kappa shape index (κ1) is 20.3. The molecule has 142 valence electrons. The lowest BCUT2D eigenvalue weighted by atomic mass is 10.1. The van der Waals surface area contributed by atoms with Crippen LogP contribution in [0.5, 0.6) is 11.5 Å². The van der Waals surface area contributed by atoms with Crippen molar-refractivity contribution in [3.8, 4) is 11.5 Å². The first-order chi connectivity index (χ1) is 12.0. The maximum atomic E-state index is 12.5. The third-order valence-corrected chi connectivity index (χ3v) is 6.36. The fraction of sp³-hybridized carbons (Fsp3) is 0.647. The molecule has 0 radical (unpaired) electrons. The molecule has 0 amide bonds. The van der Waals surface area contributed by atoms with Gasteiger partial charge in [-0.15, -0.1) is 0 Å². The minimum Gasteiger partial charge on any atom is -0.493 e. The lowest BCUT2D eigenvalue weighted by Crippen LogP contribution is -2.36. The van der Waals surface area contributed by atoms with Crippen LogP contribution in [0.2, 0.25) is 5.02 Å². The van der Waals surface area contributed by atoms with Gasteiger partial charge in [0.25, 0.3) is 0 Å². The summed E-state index contributed by atoms with van der Waals surface area (Å²) in [6.07, 6.45) is 7.39. The molecule has 0 aliphatic heterocycles. The Hall–Kier alpha value is -1.02. The second-order valence-electron chi connectivity index (χ2n) is 6.18. The molecule has 1 aromatic rings. The van der Waals surface area contributed by atoms with Crippen molar-refractivity contribution in [3.63, 3.8) is 0 Å². The molecule has 0 unspecified atom stereocenters. The lowest BCUT2D eigenvalue weighted by molar-refractivity contribution is 0.354. The third kappa shape index (κ3) is 5.74. The number of ether oxygens (including phenoxy) is 2. The van der Waals surface area contributed by atoms with Crippen molar-refractivity contribution in [1.29, 1.82) is 0 Å². The SMILES string of the molecule is COc1cc(Cl)c(S(=O)(=O)NCCNC2CCCCCC2)cc1OC. The predicted octanol–water partition coefficient (Wildman–Crippen LogP) is 2.95. The van der Waals surface area contributed by atoms with E-state index in [0.717, 1.165) is 12.8 Å². The fourth-order valence-corrected chi connectivity index (χ4v) is 4.63. The summed E-state index contributed by atoms with van der Waals surface area (Å²) in [5.41, 5.74) is 0. The minimum atomic E-state index is -3.72. The number of rotatable bonds is 8. The Labute approximate surface area is 155 Å². The molecule has 2 rings (SSSR count). The summed E-state index contributed by atoms with van der Waals surface area (Å²) < 4.78 is 37.9. The van der Waals surface area contributed by atoms with Crippen molar-refractivity contribution in [1.82, 2.24) is 10.0 Å². The first-order valence-electron chi connectivity index (χ1n) is 8.62. The maximum Gasteiger partial charge on any atom is 0.242 e. The standard InChI is InChI=1S/C17H27ClN2O4S/c1-23-15-11-14(18)17(12-16(15)24-2)25(21,22)20-10-9-19-13-7-5-3-4-6-8-13/h11-13,19-20H,3-10H2,1-2H3. The summed E-state index contributed by atoms with van der Waals surface area (Å²) >= 11 is 6.10. The van der Waals surface area contributed by atoms with Crippen molar-refractivity contribution in [2.24, 2.45) is 0 Å². The highest BCUT2D eigenvalue weighted by atomic mass is 35.5. The van der Waals surface area contributed by atoms with E-state index in [9.17, 15) is 8.42 Å². The molecular weight excluding hydrogens is 364 g/mol. The van der Waals surface area contributed by atoms with Crippen molar-refractivity contribution in [3.05, 3.63) is 17.2 Å². The lowest BCUT2D eigenvalue weighted by Gasteiger charge is -2.17. The second-order valence-corrected chi connectivity index (χ2v) is 8.32. The van der Waals surface area contributed by atoms with Gasteiger partial charge in [-0.2, -0.15) is 0 Å². The Bertz CT molecular complexity index is 659. The van der Waals surface area contributed by atoms with E-state index in [1.165, 1.54) is 52.0 Å². The van der Waals surface area contributed by atoms with Crippen LogP contribution in [-0.2, 0) is 10.0 Å². The summed E-state index contributed by atoms with van der Waals surface area (Å²) in [5.74, 6) is 0.713. The van der Waals surface area contributed by atoms with Gasteiger partial charge in [-0.25, -0.2) is 13.1 Å². The Morgan fingerprint density at radius 1 is 1.04 bits per heavy atom. The van der Waals surface area contributed by atoms with E-state index in [2.05, 4.69) is 10.0 Å². The summed E-state index contributed by atoms with van der Waals surface area (Å²) in [5, 5.41) is 3.54. The number of methoxy groups -OCH3 is 2. The molecule has 0 aromatic heterocycles. The van der Waals surface area contributed by atoms with Crippen LogP contribution in [0.25, 0.3) is 0 Å². The molecule has 2 N–H and O–H groups in total. The van der Waals surface area contributed by atoms with Gasteiger partial charge in [-0.1, -0.05) is 37.3 Å². The Morgan fingerprint density at radius 2 is 1.64 bits per heavy atom. The molecule has 0 bridgehead atoms. The van der Waals surface area contributed by atoms with Crippen LogP contribution >= 0.6 is 11.6 Å². The van der Waals surface area contributed by atoms with Gasteiger partial charge in [0.15, 0.2) is 11.5 Å². The highest BCUT2D eigenvalue weighted by Crippen LogP contribution is 2.35. The Balaban J connectivity index is 1.94. The topological polar surface area (TPSA) is 76.7 Å². The van der Waals surface area contributed by atoms with Gasteiger partial charge < -0.3 is 14.8 Å². The van der Waals surface area contributed by atoms with Crippen molar-refractivity contribution in [2.75, 3.05) is 27.3 Å². The van der Waals surface area contributed by atoms with E-state index in [0.29, 0.717) is 30.6 Å². The maximum absolute atomic E-state index is 12.5. The summed E-state index contributed by atoms with van der Waals surface area (Å²) in [6, 6.07) is 3.30. The van der Waals surface area contributed by atoms with E-state index in [4.69, 9.17) is 21.1 Å². The predicted molar refractivity (Wildman–Crippen MR) is 99.2 cm³/mol. The van der Waals surface area contributed by atoms with Gasteiger partial charge in [-0.3, -0.25) is 0 Å². The molecule has 1 saturated carbocycles. The number of halogens is 1. The number of hydrogen-bond donors (Lipinski definition) is 2. The average molecular weight is 391 g/mol. The number of hydrogen-bond acceptors (Lipinski definition) is 5. The van der Waals surface area contributed by atoms with Crippen molar-refractivity contribution >= 4 is 21.6 Å². The molecular formula is C17H27ClN2O4S. The quantitative estimate of drug-likeness (QED) is 0.527. The van der Waals surface area contributed by atoms with Crippen molar-refractivity contribution < 1.29 is 17.9 Å². The zero-order valence-corrected chi connectivity index (χ0v) is 16.4. The van der Waals surface area contributed by atoms with Crippen LogP contribution in [0.3, 0.4) is 0 Å². The molecule has 25 heavy (non-hydrogen) atoms. The van der Waals surface area contributed by atoms with Gasteiger partial charge in [-0.05, 0) is 12.8 Å². The number of sulfonamides is 1.